The zero-order valence-corrected chi connectivity index (χ0v) is 18.1. The monoisotopic (exact) mass is 417 g/mol. The molecular weight excluding hydrogens is 390 g/mol. The first-order valence-electron chi connectivity index (χ1n) is 10.4. The maximum absolute atomic E-state index is 12.4. The number of fused-ring (bicyclic) bond motifs is 1. The largest absolute Gasteiger partial charge is 0.484 e. The number of nitrogens with zero attached hydrogens (tertiary/aromatic N) is 4. The number of benzene rings is 2. The Labute approximate surface area is 181 Å². The number of rotatable bonds is 8. The molecule has 0 aliphatic heterocycles. The normalized spacial score (nSPS) is 11.2. The van der Waals surface area contributed by atoms with Crippen molar-refractivity contribution in [2.24, 2.45) is 5.92 Å². The molecule has 1 N–H and O–H groups in total. The second-order valence-electron chi connectivity index (χ2n) is 8.09. The lowest BCUT2D eigenvalue weighted by Gasteiger charge is -2.12. The van der Waals surface area contributed by atoms with Crippen molar-refractivity contribution < 1.29 is 9.53 Å². The van der Waals surface area contributed by atoms with Gasteiger partial charge in [-0.05, 0) is 54.8 Å². The molecule has 0 fully saturated rings. The number of aromatic nitrogens is 4. The third-order valence-corrected chi connectivity index (χ3v) is 4.88. The quantitative estimate of drug-likeness (QED) is 0.465. The molecule has 7 heteroatoms. The summed E-state index contributed by atoms with van der Waals surface area (Å²) in [5.41, 5.74) is 3.68. The van der Waals surface area contributed by atoms with Crippen LogP contribution in [0.2, 0.25) is 0 Å². The molecule has 0 saturated heterocycles. The highest BCUT2D eigenvalue weighted by atomic mass is 16.5. The summed E-state index contributed by atoms with van der Waals surface area (Å²) in [5.74, 6) is 1.89. The molecule has 160 valence electrons. The van der Waals surface area contributed by atoms with Gasteiger partial charge in [0.1, 0.15) is 11.6 Å². The Hall–Kier alpha value is -3.61. The molecule has 2 heterocycles. The van der Waals surface area contributed by atoms with Gasteiger partial charge in [0, 0.05) is 24.6 Å². The number of nitrogens with one attached hydrogen (secondary N) is 1. The van der Waals surface area contributed by atoms with E-state index in [9.17, 15) is 4.79 Å². The van der Waals surface area contributed by atoms with Gasteiger partial charge < -0.3 is 14.6 Å². The van der Waals surface area contributed by atoms with E-state index < -0.39 is 0 Å². The molecule has 31 heavy (non-hydrogen) atoms. The Kier molecular flexibility index (Phi) is 6.02. The Morgan fingerprint density at radius 3 is 2.77 bits per heavy atom. The van der Waals surface area contributed by atoms with Gasteiger partial charge in [-0.25, -0.2) is 4.98 Å². The summed E-state index contributed by atoms with van der Waals surface area (Å²) in [7, 11) is 0. The molecule has 1 amide bonds. The van der Waals surface area contributed by atoms with Crippen LogP contribution in [0.25, 0.3) is 11.0 Å². The minimum atomic E-state index is -0.209. The minimum Gasteiger partial charge on any atom is -0.484 e. The summed E-state index contributed by atoms with van der Waals surface area (Å²) < 4.78 is 9.69. The number of aryl methyl sites for hydroxylation is 1. The summed E-state index contributed by atoms with van der Waals surface area (Å²) in [6, 6.07) is 15.4. The average molecular weight is 418 g/mol. The SMILES string of the molecule is Cc1cccc(OCC(=O)Nc2ccc3c(c2)nc(Cn2cccn2)n3CC(C)C)c1. The summed E-state index contributed by atoms with van der Waals surface area (Å²) in [5, 5.41) is 7.21. The van der Waals surface area contributed by atoms with Crippen molar-refractivity contribution in [3.8, 4) is 5.75 Å². The molecular formula is C24H27N5O2. The number of carbonyl (C=O) groups is 1. The number of carbonyl (C=O) groups excluding carboxylic acids is 1. The highest BCUT2D eigenvalue weighted by Crippen LogP contribution is 2.22. The summed E-state index contributed by atoms with van der Waals surface area (Å²) >= 11 is 0. The van der Waals surface area contributed by atoms with E-state index in [2.05, 4.69) is 28.8 Å². The van der Waals surface area contributed by atoms with Crippen molar-refractivity contribution in [3.05, 3.63) is 72.3 Å². The van der Waals surface area contributed by atoms with Crippen LogP contribution in [0.4, 0.5) is 5.69 Å². The maximum atomic E-state index is 12.4. The van der Waals surface area contributed by atoms with Crippen LogP contribution in [-0.4, -0.2) is 31.8 Å². The third-order valence-electron chi connectivity index (χ3n) is 4.88. The zero-order valence-electron chi connectivity index (χ0n) is 18.1. The molecule has 0 radical (unpaired) electrons. The minimum absolute atomic E-state index is 0.0478. The molecule has 0 unspecified atom stereocenters. The van der Waals surface area contributed by atoms with Gasteiger partial charge in [-0.15, -0.1) is 0 Å². The Balaban J connectivity index is 1.50. The lowest BCUT2D eigenvalue weighted by molar-refractivity contribution is -0.118. The van der Waals surface area contributed by atoms with Crippen LogP contribution in [-0.2, 0) is 17.9 Å². The molecule has 4 aromatic rings. The van der Waals surface area contributed by atoms with Gasteiger partial charge in [-0.3, -0.25) is 9.48 Å². The predicted octanol–water partition coefficient (Wildman–Crippen LogP) is 4.26. The fourth-order valence-corrected chi connectivity index (χ4v) is 3.54. The molecule has 2 aromatic heterocycles. The summed E-state index contributed by atoms with van der Waals surface area (Å²) in [6.45, 7) is 7.78. The van der Waals surface area contributed by atoms with Gasteiger partial charge in [0.2, 0.25) is 0 Å². The first-order chi connectivity index (χ1) is 15.0. The van der Waals surface area contributed by atoms with Crippen LogP contribution in [0.15, 0.2) is 60.9 Å². The van der Waals surface area contributed by atoms with E-state index in [0.717, 1.165) is 29.0 Å². The predicted molar refractivity (Wildman–Crippen MR) is 121 cm³/mol. The number of hydrogen-bond donors (Lipinski definition) is 1. The number of amides is 1. The van der Waals surface area contributed by atoms with E-state index in [1.807, 2.05) is 66.3 Å². The zero-order chi connectivity index (χ0) is 21.8. The second kappa shape index (κ2) is 9.04. The van der Waals surface area contributed by atoms with Crippen LogP contribution in [0.1, 0.15) is 25.2 Å². The van der Waals surface area contributed by atoms with Crippen LogP contribution in [0.3, 0.4) is 0 Å². The smallest absolute Gasteiger partial charge is 0.262 e. The summed E-state index contributed by atoms with van der Waals surface area (Å²) in [4.78, 5) is 17.2. The fraction of sp³-hybridized carbons (Fsp3) is 0.292. The van der Waals surface area contributed by atoms with Gasteiger partial charge in [0.15, 0.2) is 6.61 Å². The highest BCUT2D eigenvalue weighted by molar-refractivity contribution is 5.94. The van der Waals surface area contributed by atoms with E-state index >= 15 is 0 Å². The topological polar surface area (TPSA) is 74.0 Å². The number of ether oxygens (including phenoxy) is 1. The Morgan fingerprint density at radius 2 is 2.03 bits per heavy atom. The van der Waals surface area contributed by atoms with E-state index in [1.165, 1.54) is 0 Å². The molecule has 0 saturated carbocycles. The number of hydrogen-bond acceptors (Lipinski definition) is 4. The molecule has 4 rings (SSSR count). The molecule has 0 aliphatic carbocycles. The van der Waals surface area contributed by atoms with Crippen LogP contribution >= 0.6 is 0 Å². The van der Waals surface area contributed by atoms with Gasteiger partial charge in [0.05, 0.1) is 17.6 Å². The molecule has 0 atom stereocenters. The molecule has 0 aliphatic rings. The van der Waals surface area contributed by atoms with Crippen LogP contribution < -0.4 is 10.1 Å². The van der Waals surface area contributed by atoms with E-state index in [-0.39, 0.29) is 12.5 Å². The fourth-order valence-electron chi connectivity index (χ4n) is 3.54. The highest BCUT2D eigenvalue weighted by Gasteiger charge is 2.14. The molecule has 7 nitrogen and oxygen atoms in total. The van der Waals surface area contributed by atoms with Gasteiger partial charge in [0.25, 0.3) is 5.91 Å². The first kappa shape index (κ1) is 20.7. The van der Waals surface area contributed by atoms with Crippen molar-refractivity contribution in [2.75, 3.05) is 11.9 Å². The average Bonchev–Trinajstić information content (AvgIpc) is 3.35. The van der Waals surface area contributed by atoms with Crippen molar-refractivity contribution in [1.29, 1.82) is 0 Å². The Bertz CT molecular complexity index is 1180. The standard InChI is InChI=1S/C24H27N5O2/c1-17(2)14-29-22-9-8-19(13-21(22)27-23(29)15-28-11-5-10-25-28)26-24(30)16-31-20-7-4-6-18(3)12-20/h4-13,17H,14-16H2,1-3H3,(H,26,30). The second-order valence-corrected chi connectivity index (χ2v) is 8.09. The van der Waals surface area contributed by atoms with Gasteiger partial charge >= 0.3 is 0 Å². The first-order valence-corrected chi connectivity index (χ1v) is 10.4. The van der Waals surface area contributed by atoms with E-state index in [4.69, 9.17) is 9.72 Å². The van der Waals surface area contributed by atoms with Crippen molar-refractivity contribution in [3.63, 3.8) is 0 Å². The number of imidazole rings is 1. The van der Waals surface area contributed by atoms with Crippen LogP contribution in [0.5, 0.6) is 5.75 Å². The molecule has 2 aromatic carbocycles. The maximum Gasteiger partial charge on any atom is 0.262 e. The van der Waals surface area contributed by atoms with Crippen molar-refractivity contribution >= 4 is 22.6 Å². The third kappa shape index (κ3) is 5.12. The van der Waals surface area contributed by atoms with Crippen LogP contribution in [0, 0.1) is 12.8 Å². The van der Waals surface area contributed by atoms with Gasteiger partial charge in [-0.1, -0.05) is 26.0 Å². The lowest BCUT2D eigenvalue weighted by Crippen LogP contribution is -2.20. The van der Waals surface area contributed by atoms with Crippen molar-refractivity contribution in [2.45, 2.75) is 33.9 Å². The Morgan fingerprint density at radius 1 is 1.16 bits per heavy atom. The molecule has 0 bridgehead atoms. The van der Waals surface area contributed by atoms with E-state index in [1.54, 1.807) is 6.20 Å². The number of anilines is 1. The van der Waals surface area contributed by atoms with Crippen molar-refractivity contribution in [1.82, 2.24) is 19.3 Å². The molecule has 0 spiro atoms. The van der Waals surface area contributed by atoms with Gasteiger partial charge in [-0.2, -0.15) is 5.10 Å². The lowest BCUT2D eigenvalue weighted by atomic mass is 10.2. The summed E-state index contributed by atoms with van der Waals surface area (Å²) in [6.07, 6.45) is 3.70. The van der Waals surface area contributed by atoms with E-state index in [0.29, 0.717) is 23.9 Å².